The zero-order chi connectivity index (χ0) is 21.3. The second-order valence-corrected chi connectivity index (χ2v) is 9.27. The van der Waals surface area contributed by atoms with Gasteiger partial charge in [0.2, 0.25) is 0 Å². The van der Waals surface area contributed by atoms with E-state index in [1.54, 1.807) is 5.56 Å². The molecule has 1 saturated carbocycles. The van der Waals surface area contributed by atoms with Gasteiger partial charge in [0.05, 0.1) is 0 Å². The van der Waals surface area contributed by atoms with Gasteiger partial charge in [-0.05, 0) is 103 Å². The number of rotatable bonds is 5. The largest absolute Gasteiger partial charge is 0.309 e. The van der Waals surface area contributed by atoms with Gasteiger partial charge in [0, 0.05) is 12.6 Å². The summed E-state index contributed by atoms with van der Waals surface area (Å²) in [6.45, 7) is 12.1. The Morgan fingerprint density at radius 1 is 0.733 bits per heavy atom. The van der Waals surface area contributed by atoms with Crippen LogP contribution in [0.5, 0.6) is 0 Å². The van der Waals surface area contributed by atoms with Crippen molar-refractivity contribution in [3.8, 4) is 11.1 Å². The molecule has 1 aliphatic carbocycles. The second-order valence-electron chi connectivity index (χ2n) is 9.27. The molecule has 0 radical (unpaired) electrons. The van der Waals surface area contributed by atoms with Crippen LogP contribution < -0.4 is 5.32 Å². The van der Waals surface area contributed by atoms with E-state index in [-0.39, 0.29) is 0 Å². The van der Waals surface area contributed by atoms with Gasteiger partial charge in [-0.1, -0.05) is 61.0 Å². The molecule has 0 heterocycles. The lowest BCUT2D eigenvalue weighted by Crippen LogP contribution is -2.31. The van der Waals surface area contributed by atoms with Gasteiger partial charge in [0.1, 0.15) is 0 Å². The highest BCUT2D eigenvalue weighted by Crippen LogP contribution is 2.37. The van der Waals surface area contributed by atoms with Crippen molar-refractivity contribution in [1.29, 1.82) is 0 Å². The van der Waals surface area contributed by atoms with E-state index in [1.807, 2.05) is 0 Å². The predicted octanol–water partition coefficient (Wildman–Crippen LogP) is 7.32. The Labute approximate surface area is 182 Å². The van der Waals surface area contributed by atoms with Crippen LogP contribution >= 0.6 is 0 Å². The molecule has 1 fully saturated rings. The molecule has 0 amide bonds. The first kappa shape index (κ1) is 20.9. The Kier molecular flexibility index (Phi) is 6.11. The van der Waals surface area contributed by atoms with Crippen LogP contribution in [0.1, 0.15) is 64.1 Å². The quantitative estimate of drug-likeness (QED) is 0.475. The first-order valence-electron chi connectivity index (χ1n) is 11.4. The summed E-state index contributed by atoms with van der Waals surface area (Å²) in [5.41, 5.74) is 12.6. The van der Waals surface area contributed by atoms with Crippen LogP contribution in [-0.2, 0) is 6.54 Å². The summed E-state index contributed by atoms with van der Waals surface area (Å²) < 4.78 is 0. The topological polar surface area (TPSA) is 12.0 Å². The summed E-state index contributed by atoms with van der Waals surface area (Å²) in [5.74, 6) is 0.635. The molecule has 3 aromatic rings. The van der Waals surface area contributed by atoms with Crippen LogP contribution in [0, 0.1) is 34.6 Å². The molecule has 0 spiro atoms. The summed E-state index contributed by atoms with van der Waals surface area (Å²) in [6.07, 6.45) is 3.89. The highest BCUT2D eigenvalue weighted by molar-refractivity contribution is 5.68. The van der Waals surface area contributed by atoms with Crippen molar-refractivity contribution in [2.24, 2.45) is 0 Å². The Balaban J connectivity index is 1.49. The Hall–Kier alpha value is -2.38. The highest BCUT2D eigenvalue weighted by atomic mass is 14.9. The molecule has 156 valence electrons. The first-order chi connectivity index (χ1) is 14.4. The Bertz CT molecular complexity index is 1050. The van der Waals surface area contributed by atoms with Crippen molar-refractivity contribution >= 4 is 0 Å². The van der Waals surface area contributed by atoms with Gasteiger partial charge in [-0.15, -0.1) is 0 Å². The van der Waals surface area contributed by atoms with E-state index in [9.17, 15) is 0 Å². The minimum atomic E-state index is 0.571. The Morgan fingerprint density at radius 2 is 1.50 bits per heavy atom. The maximum atomic E-state index is 3.92. The van der Waals surface area contributed by atoms with E-state index in [2.05, 4.69) is 94.5 Å². The molecule has 4 rings (SSSR count). The van der Waals surface area contributed by atoms with Gasteiger partial charge < -0.3 is 5.32 Å². The molecule has 3 aromatic carbocycles. The van der Waals surface area contributed by atoms with Crippen LogP contribution in [0.2, 0.25) is 0 Å². The fourth-order valence-corrected chi connectivity index (χ4v) is 5.16. The van der Waals surface area contributed by atoms with Gasteiger partial charge in [0.15, 0.2) is 0 Å². The third-order valence-corrected chi connectivity index (χ3v) is 7.15. The van der Waals surface area contributed by atoms with Crippen molar-refractivity contribution in [3.63, 3.8) is 0 Å². The van der Waals surface area contributed by atoms with Crippen LogP contribution in [-0.4, -0.2) is 6.04 Å². The smallest absolute Gasteiger partial charge is 0.0210 e. The lowest BCUT2D eigenvalue weighted by Gasteiger charge is -2.24. The number of hydrogen-bond donors (Lipinski definition) is 1. The van der Waals surface area contributed by atoms with Gasteiger partial charge >= 0.3 is 0 Å². The maximum absolute atomic E-state index is 3.92. The monoisotopic (exact) mass is 397 g/mol. The summed E-state index contributed by atoms with van der Waals surface area (Å²) in [5, 5.41) is 3.92. The molecular weight excluding hydrogens is 362 g/mol. The standard InChI is InChI=1S/C29H35N/c1-19-9-6-7-10-26(19)24-13-14-25(22(4)16-24)18-30-29-12-8-11-27(29)28-17-21(3)20(2)15-23(28)5/h6-7,9-10,13-17,27,29-30H,8,11-12,18H2,1-5H3. The minimum absolute atomic E-state index is 0.571. The average molecular weight is 398 g/mol. The molecular formula is C29H35N. The molecule has 1 nitrogen and oxygen atoms in total. The molecule has 0 saturated heterocycles. The molecule has 0 bridgehead atoms. The fraction of sp³-hybridized carbons (Fsp3) is 0.379. The molecule has 1 N–H and O–H groups in total. The zero-order valence-electron chi connectivity index (χ0n) is 19.2. The van der Waals surface area contributed by atoms with Crippen molar-refractivity contribution in [3.05, 3.63) is 93.5 Å². The third kappa shape index (κ3) is 4.23. The normalized spacial score (nSPS) is 18.7. The van der Waals surface area contributed by atoms with Gasteiger partial charge in [-0.2, -0.15) is 0 Å². The van der Waals surface area contributed by atoms with E-state index >= 15 is 0 Å². The zero-order valence-corrected chi connectivity index (χ0v) is 19.2. The molecule has 30 heavy (non-hydrogen) atoms. The molecule has 1 aliphatic rings. The number of benzene rings is 3. The summed E-state index contributed by atoms with van der Waals surface area (Å²) in [4.78, 5) is 0. The predicted molar refractivity (Wildman–Crippen MR) is 129 cm³/mol. The van der Waals surface area contributed by atoms with Gasteiger partial charge in [-0.25, -0.2) is 0 Å². The van der Waals surface area contributed by atoms with Crippen LogP contribution in [0.3, 0.4) is 0 Å². The summed E-state index contributed by atoms with van der Waals surface area (Å²) >= 11 is 0. The third-order valence-electron chi connectivity index (χ3n) is 7.15. The van der Waals surface area contributed by atoms with Gasteiger partial charge in [0.25, 0.3) is 0 Å². The number of hydrogen-bond acceptors (Lipinski definition) is 1. The highest BCUT2D eigenvalue weighted by Gasteiger charge is 2.29. The van der Waals surface area contributed by atoms with Crippen LogP contribution in [0.15, 0.2) is 54.6 Å². The van der Waals surface area contributed by atoms with E-state index < -0.39 is 0 Å². The van der Waals surface area contributed by atoms with E-state index in [4.69, 9.17) is 0 Å². The second kappa shape index (κ2) is 8.78. The van der Waals surface area contributed by atoms with E-state index in [1.165, 1.54) is 63.8 Å². The summed E-state index contributed by atoms with van der Waals surface area (Å²) in [6, 6.07) is 21.0. The number of aryl methyl sites for hydroxylation is 5. The lowest BCUT2D eigenvalue weighted by molar-refractivity contribution is 0.476. The minimum Gasteiger partial charge on any atom is -0.309 e. The van der Waals surface area contributed by atoms with Crippen LogP contribution in [0.4, 0.5) is 0 Å². The summed E-state index contributed by atoms with van der Waals surface area (Å²) in [7, 11) is 0. The Morgan fingerprint density at radius 3 is 2.27 bits per heavy atom. The van der Waals surface area contributed by atoms with Crippen molar-refractivity contribution in [2.45, 2.75) is 72.4 Å². The van der Waals surface area contributed by atoms with E-state index in [0.29, 0.717) is 12.0 Å². The van der Waals surface area contributed by atoms with Crippen molar-refractivity contribution in [2.75, 3.05) is 0 Å². The maximum Gasteiger partial charge on any atom is 0.0210 e. The molecule has 1 heteroatoms. The first-order valence-corrected chi connectivity index (χ1v) is 11.4. The molecule has 2 atom stereocenters. The molecule has 0 aliphatic heterocycles. The fourth-order valence-electron chi connectivity index (χ4n) is 5.16. The van der Waals surface area contributed by atoms with Crippen LogP contribution in [0.25, 0.3) is 11.1 Å². The number of nitrogens with one attached hydrogen (secondary N) is 1. The average Bonchev–Trinajstić information content (AvgIpc) is 3.18. The molecule has 0 aromatic heterocycles. The molecule has 2 unspecified atom stereocenters. The van der Waals surface area contributed by atoms with E-state index in [0.717, 1.165) is 6.54 Å². The SMILES string of the molecule is Cc1cc(C)c(C2CCCC2NCc2ccc(-c3ccccc3C)cc2C)cc1C. The van der Waals surface area contributed by atoms with Crippen molar-refractivity contribution < 1.29 is 0 Å². The van der Waals surface area contributed by atoms with Crippen molar-refractivity contribution in [1.82, 2.24) is 5.32 Å². The van der Waals surface area contributed by atoms with Gasteiger partial charge in [-0.3, -0.25) is 0 Å². The lowest BCUT2D eigenvalue weighted by atomic mass is 9.88.